The molecule has 128 valence electrons. The highest BCUT2D eigenvalue weighted by atomic mass is 16.6. The number of carbonyl (C=O) groups is 1. The van der Waals surface area contributed by atoms with Gasteiger partial charge in [-0.15, -0.1) is 0 Å². The summed E-state index contributed by atoms with van der Waals surface area (Å²) in [5.41, 5.74) is 5.78. The molecule has 0 amide bonds. The first kappa shape index (κ1) is 17.8. The molecule has 0 aromatic heterocycles. The maximum Gasteiger partial charge on any atom is 0.325 e. The first-order chi connectivity index (χ1) is 11.1. The minimum Gasteiger partial charge on any atom is -0.488 e. The van der Waals surface area contributed by atoms with Crippen LogP contribution in [0.25, 0.3) is 0 Å². The fourth-order valence-corrected chi connectivity index (χ4v) is 2.82. The normalized spacial score (nSPS) is 29.1. The summed E-state index contributed by atoms with van der Waals surface area (Å²) in [6.07, 6.45) is 2.62. The van der Waals surface area contributed by atoms with Crippen LogP contribution in [0.2, 0.25) is 0 Å². The van der Waals surface area contributed by atoms with Crippen LogP contribution in [-0.4, -0.2) is 37.4 Å². The van der Waals surface area contributed by atoms with Crippen LogP contribution in [0.3, 0.4) is 0 Å². The molecule has 2 rings (SSSR count). The summed E-state index contributed by atoms with van der Waals surface area (Å²) in [6.45, 7) is 4.61. The average molecular weight is 321 g/mol. The molecule has 1 aliphatic rings. The predicted molar refractivity (Wildman–Crippen MR) is 88.2 cm³/mol. The summed E-state index contributed by atoms with van der Waals surface area (Å²) in [6, 6.07) is 8.93. The highest BCUT2D eigenvalue weighted by Gasteiger charge is 2.34. The number of benzene rings is 1. The van der Waals surface area contributed by atoms with Crippen LogP contribution in [0.4, 0.5) is 0 Å². The highest BCUT2D eigenvalue weighted by molar-refractivity contribution is 5.75. The summed E-state index contributed by atoms with van der Waals surface area (Å²) in [5, 5.41) is 0. The quantitative estimate of drug-likeness (QED) is 0.844. The molecule has 0 bridgehead atoms. The SMILES string of the molecule is CCCC[C@H]1[C@H](C)OC(=O)[C@@H](N)COC[C@@H]1Oc1ccccc1. The number of para-hydroxylation sites is 1. The number of unbranched alkanes of at least 4 members (excludes halogenated alkanes) is 1. The zero-order valence-electron chi connectivity index (χ0n) is 13.9. The Labute approximate surface area is 138 Å². The van der Waals surface area contributed by atoms with E-state index in [1.54, 1.807) is 0 Å². The molecule has 0 aliphatic carbocycles. The summed E-state index contributed by atoms with van der Waals surface area (Å²) >= 11 is 0. The van der Waals surface area contributed by atoms with Crippen LogP contribution in [-0.2, 0) is 14.3 Å². The van der Waals surface area contributed by atoms with Crippen molar-refractivity contribution in [3.05, 3.63) is 30.3 Å². The Morgan fingerprint density at radius 3 is 2.70 bits per heavy atom. The van der Waals surface area contributed by atoms with E-state index in [9.17, 15) is 4.79 Å². The van der Waals surface area contributed by atoms with Crippen molar-refractivity contribution >= 4 is 5.97 Å². The van der Waals surface area contributed by atoms with Gasteiger partial charge in [0.1, 0.15) is 24.0 Å². The molecule has 4 atom stereocenters. The maximum atomic E-state index is 11.9. The summed E-state index contributed by atoms with van der Waals surface area (Å²) in [4.78, 5) is 11.9. The van der Waals surface area contributed by atoms with Crippen LogP contribution < -0.4 is 10.5 Å². The van der Waals surface area contributed by atoms with Gasteiger partial charge in [-0.25, -0.2) is 0 Å². The fourth-order valence-electron chi connectivity index (χ4n) is 2.82. The maximum absolute atomic E-state index is 11.9. The second kappa shape index (κ2) is 8.89. The minimum absolute atomic E-state index is 0.0735. The Bertz CT molecular complexity index is 479. The molecule has 0 saturated carbocycles. The lowest BCUT2D eigenvalue weighted by atomic mass is 9.91. The summed E-state index contributed by atoms with van der Waals surface area (Å²) < 4.78 is 17.3. The minimum atomic E-state index is -0.736. The van der Waals surface area contributed by atoms with Crippen LogP contribution in [0.5, 0.6) is 5.75 Å². The number of carbonyl (C=O) groups excluding carboxylic acids is 1. The zero-order valence-corrected chi connectivity index (χ0v) is 13.9. The Morgan fingerprint density at radius 2 is 2.00 bits per heavy atom. The molecule has 1 fully saturated rings. The van der Waals surface area contributed by atoms with Crippen molar-refractivity contribution in [1.29, 1.82) is 0 Å². The molecule has 5 nitrogen and oxygen atoms in total. The number of esters is 1. The third-order valence-electron chi connectivity index (χ3n) is 4.19. The predicted octanol–water partition coefficient (Wildman–Crippen LogP) is 2.53. The van der Waals surface area contributed by atoms with E-state index >= 15 is 0 Å². The van der Waals surface area contributed by atoms with Crippen molar-refractivity contribution in [2.45, 2.75) is 51.4 Å². The zero-order chi connectivity index (χ0) is 16.7. The molecule has 1 aromatic rings. The van der Waals surface area contributed by atoms with Crippen molar-refractivity contribution in [1.82, 2.24) is 0 Å². The lowest BCUT2D eigenvalue weighted by Crippen LogP contribution is -2.40. The van der Waals surface area contributed by atoms with Crippen LogP contribution in [0, 0.1) is 5.92 Å². The van der Waals surface area contributed by atoms with E-state index in [0.29, 0.717) is 6.61 Å². The lowest BCUT2D eigenvalue weighted by Gasteiger charge is -2.31. The van der Waals surface area contributed by atoms with Gasteiger partial charge >= 0.3 is 5.97 Å². The topological polar surface area (TPSA) is 70.8 Å². The Balaban J connectivity index is 2.16. The van der Waals surface area contributed by atoms with Crippen LogP contribution >= 0.6 is 0 Å². The monoisotopic (exact) mass is 321 g/mol. The van der Waals surface area contributed by atoms with Gasteiger partial charge in [0.25, 0.3) is 0 Å². The van der Waals surface area contributed by atoms with Crippen molar-refractivity contribution in [3.63, 3.8) is 0 Å². The summed E-state index contributed by atoms with van der Waals surface area (Å²) in [7, 11) is 0. The van der Waals surface area contributed by atoms with Gasteiger partial charge in [0.15, 0.2) is 0 Å². The molecule has 1 aromatic carbocycles. The van der Waals surface area contributed by atoms with E-state index in [1.807, 2.05) is 37.3 Å². The van der Waals surface area contributed by atoms with E-state index in [-0.39, 0.29) is 24.7 Å². The van der Waals surface area contributed by atoms with Gasteiger partial charge in [0, 0.05) is 5.92 Å². The molecule has 5 heteroatoms. The van der Waals surface area contributed by atoms with Gasteiger partial charge in [0.2, 0.25) is 0 Å². The number of nitrogens with two attached hydrogens (primary N) is 1. The van der Waals surface area contributed by atoms with Gasteiger partial charge < -0.3 is 19.9 Å². The first-order valence-corrected chi connectivity index (χ1v) is 8.37. The highest BCUT2D eigenvalue weighted by Crippen LogP contribution is 2.26. The molecule has 23 heavy (non-hydrogen) atoms. The standard InChI is InChI=1S/C18H27NO4/c1-3-4-10-15-13(2)22-18(20)16(19)11-21-12-17(15)23-14-8-6-5-7-9-14/h5-9,13,15-17H,3-4,10-12,19H2,1-2H3/t13-,15-,16-,17-/m0/s1. The number of ether oxygens (including phenoxy) is 3. The van der Waals surface area contributed by atoms with Crippen LogP contribution in [0.1, 0.15) is 33.1 Å². The van der Waals surface area contributed by atoms with Crippen molar-refractivity contribution in [2.24, 2.45) is 11.7 Å². The Hall–Kier alpha value is -1.59. The Kier molecular flexibility index (Phi) is 6.86. The third-order valence-corrected chi connectivity index (χ3v) is 4.19. The van der Waals surface area contributed by atoms with E-state index in [0.717, 1.165) is 25.0 Å². The number of rotatable bonds is 5. The van der Waals surface area contributed by atoms with Gasteiger partial charge in [-0.1, -0.05) is 38.0 Å². The van der Waals surface area contributed by atoms with Gasteiger partial charge in [-0.3, -0.25) is 4.79 Å². The number of cyclic esters (lactones) is 1. The molecule has 1 heterocycles. The number of hydrogen-bond acceptors (Lipinski definition) is 5. The fraction of sp³-hybridized carbons (Fsp3) is 0.611. The van der Waals surface area contributed by atoms with E-state index in [1.165, 1.54) is 0 Å². The number of hydrogen-bond donors (Lipinski definition) is 1. The summed E-state index contributed by atoms with van der Waals surface area (Å²) in [5.74, 6) is 0.466. The van der Waals surface area contributed by atoms with E-state index in [4.69, 9.17) is 19.9 Å². The molecule has 0 unspecified atom stereocenters. The molecule has 0 radical (unpaired) electrons. The molecule has 2 N–H and O–H groups in total. The second-order valence-corrected chi connectivity index (χ2v) is 6.06. The molecule has 1 saturated heterocycles. The van der Waals surface area contributed by atoms with Crippen molar-refractivity contribution in [3.8, 4) is 5.75 Å². The van der Waals surface area contributed by atoms with E-state index < -0.39 is 12.0 Å². The molecular formula is C18H27NO4. The molecular weight excluding hydrogens is 294 g/mol. The largest absolute Gasteiger partial charge is 0.488 e. The van der Waals surface area contributed by atoms with Gasteiger partial charge in [-0.05, 0) is 25.5 Å². The first-order valence-electron chi connectivity index (χ1n) is 8.37. The van der Waals surface area contributed by atoms with Crippen molar-refractivity contribution < 1.29 is 19.0 Å². The van der Waals surface area contributed by atoms with Crippen molar-refractivity contribution in [2.75, 3.05) is 13.2 Å². The second-order valence-electron chi connectivity index (χ2n) is 6.06. The van der Waals surface area contributed by atoms with Gasteiger partial charge in [0.05, 0.1) is 13.2 Å². The van der Waals surface area contributed by atoms with E-state index in [2.05, 4.69) is 6.92 Å². The third kappa shape index (κ3) is 5.22. The molecule has 0 spiro atoms. The lowest BCUT2D eigenvalue weighted by molar-refractivity contribution is -0.153. The average Bonchev–Trinajstić information content (AvgIpc) is 2.59. The smallest absolute Gasteiger partial charge is 0.325 e. The molecule has 1 aliphatic heterocycles. The Morgan fingerprint density at radius 1 is 1.26 bits per heavy atom. The van der Waals surface area contributed by atoms with Crippen LogP contribution in [0.15, 0.2) is 30.3 Å². The van der Waals surface area contributed by atoms with Gasteiger partial charge in [-0.2, -0.15) is 0 Å².